The Kier molecular flexibility index (Phi) is 14.4. The minimum atomic E-state index is -0.537. The summed E-state index contributed by atoms with van der Waals surface area (Å²) in [5, 5.41) is 19.4. The zero-order chi connectivity index (χ0) is 35.1. The third kappa shape index (κ3) is 13.9. The molecule has 0 bridgehead atoms. The van der Waals surface area contributed by atoms with Crippen LogP contribution in [0.3, 0.4) is 0 Å². The molecule has 1 saturated heterocycles. The number of hydrogen-bond acceptors (Lipinski definition) is 9. The number of nitrogens with zero attached hydrogens (tertiary/aromatic N) is 5. The molecule has 1 N–H and O–H groups in total. The minimum Gasteiger partial charge on any atom is -0.386 e. The monoisotopic (exact) mass is 655 g/mol. The third-order valence-corrected chi connectivity index (χ3v) is 8.95. The van der Waals surface area contributed by atoms with E-state index in [1.807, 2.05) is 47.7 Å². The number of aromatic nitrogens is 3. The maximum atomic E-state index is 12.2. The van der Waals surface area contributed by atoms with Gasteiger partial charge in [-0.2, -0.15) is 0 Å². The van der Waals surface area contributed by atoms with Crippen molar-refractivity contribution in [3.8, 4) is 0 Å². The molecule has 0 amide bonds. The largest absolute Gasteiger partial charge is 0.386 e. The molecule has 2 heterocycles. The van der Waals surface area contributed by atoms with Crippen molar-refractivity contribution < 1.29 is 33.3 Å². The summed E-state index contributed by atoms with van der Waals surface area (Å²) in [6.07, 6.45) is 2.62. The third-order valence-electron chi connectivity index (χ3n) is 8.95. The predicted octanol–water partition coefficient (Wildman–Crippen LogP) is 4.15. The van der Waals surface area contributed by atoms with Crippen molar-refractivity contribution in [3.63, 3.8) is 0 Å². The highest BCUT2D eigenvalue weighted by molar-refractivity contribution is 5.81. The van der Waals surface area contributed by atoms with E-state index in [1.54, 1.807) is 4.68 Å². The van der Waals surface area contributed by atoms with E-state index in [4.69, 9.17) is 18.9 Å². The van der Waals surface area contributed by atoms with E-state index in [0.29, 0.717) is 51.9 Å². The lowest BCUT2D eigenvalue weighted by molar-refractivity contribution is -0.916. The number of likely N-dealkylation sites (tertiary alicyclic amines) is 1. The van der Waals surface area contributed by atoms with Gasteiger partial charge in [0.15, 0.2) is 0 Å². The van der Waals surface area contributed by atoms with Crippen LogP contribution in [0.15, 0.2) is 6.20 Å². The molecule has 1 fully saturated rings. The van der Waals surface area contributed by atoms with Crippen LogP contribution in [-0.4, -0.2) is 136 Å². The smallest absolute Gasteiger partial charge is 0.138 e. The highest BCUT2D eigenvalue weighted by atomic mass is 16.6. The number of carbonyl (C=O) groups is 1. The second-order valence-corrected chi connectivity index (χ2v) is 16.9. The molecule has 2 atom stereocenters. The van der Waals surface area contributed by atoms with Gasteiger partial charge in [0.05, 0.1) is 81.7 Å². The van der Waals surface area contributed by atoms with Crippen LogP contribution in [0.25, 0.3) is 0 Å². The van der Waals surface area contributed by atoms with Crippen LogP contribution in [0.4, 0.5) is 0 Å². The second-order valence-electron chi connectivity index (χ2n) is 16.9. The molecule has 46 heavy (non-hydrogen) atoms. The molecule has 0 spiro atoms. The van der Waals surface area contributed by atoms with Crippen molar-refractivity contribution in [1.29, 1.82) is 0 Å². The van der Waals surface area contributed by atoms with Gasteiger partial charge in [0.25, 0.3) is 0 Å². The van der Waals surface area contributed by atoms with Gasteiger partial charge in [-0.1, -0.05) is 19.1 Å². The number of rotatable bonds is 21. The first-order chi connectivity index (χ1) is 20.9. The molecule has 11 nitrogen and oxygen atoms in total. The Morgan fingerprint density at radius 3 is 2.00 bits per heavy atom. The highest BCUT2D eigenvalue weighted by Crippen LogP contribution is 2.24. The van der Waals surface area contributed by atoms with E-state index in [2.05, 4.69) is 70.8 Å². The summed E-state index contributed by atoms with van der Waals surface area (Å²) in [4.78, 5) is 14.5. The molecule has 0 radical (unpaired) electrons. The first-order valence-electron chi connectivity index (χ1n) is 17.1. The van der Waals surface area contributed by atoms with Crippen molar-refractivity contribution in [1.82, 2.24) is 19.9 Å². The lowest BCUT2D eigenvalue weighted by atomic mass is 9.95. The number of carbonyl (C=O) groups excluding carboxylic acids is 1. The lowest BCUT2D eigenvalue weighted by Gasteiger charge is -2.38. The highest BCUT2D eigenvalue weighted by Gasteiger charge is 2.43. The predicted molar refractivity (Wildman–Crippen MR) is 182 cm³/mol. The Bertz CT molecular complexity index is 1080. The van der Waals surface area contributed by atoms with Gasteiger partial charge in [0.2, 0.25) is 0 Å². The summed E-state index contributed by atoms with van der Waals surface area (Å²) in [7, 11) is 4.37. The number of aliphatic hydroxyl groups is 1. The fourth-order valence-electron chi connectivity index (χ4n) is 5.56. The van der Waals surface area contributed by atoms with Gasteiger partial charge in [-0.05, 0) is 69.2 Å². The van der Waals surface area contributed by atoms with Crippen LogP contribution in [0.1, 0.15) is 95.2 Å². The van der Waals surface area contributed by atoms with Gasteiger partial charge in [0, 0.05) is 37.5 Å². The summed E-state index contributed by atoms with van der Waals surface area (Å²) >= 11 is 0. The maximum Gasteiger partial charge on any atom is 0.138 e. The van der Waals surface area contributed by atoms with Gasteiger partial charge in [-0.25, -0.2) is 4.68 Å². The quantitative estimate of drug-likeness (QED) is 0.196. The number of hydrogen-bond donors (Lipinski definition) is 1. The van der Waals surface area contributed by atoms with E-state index in [-0.39, 0.29) is 23.8 Å². The van der Waals surface area contributed by atoms with Gasteiger partial charge >= 0.3 is 0 Å². The van der Waals surface area contributed by atoms with Crippen LogP contribution >= 0.6 is 0 Å². The summed E-state index contributed by atoms with van der Waals surface area (Å²) in [6.45, 7) is 29.2. The molecular weight excluding hydrogens is 586 g/mol. The first-order valence-corrected chi connectivity index (χ1v) is 17.1. The Balaban J connectivity index is 1.76. The number of likely N-dealkylation sites (N-methyl/N-ethyl adjacent to an activating group) is 1. The van der Waals surface area contributed by atoms with Crippen molar-refractivity contribution in [2.45, 2.75) is 143 Å². The number of ketones is 1. The van der Waals surface area contributed by atoms with Crippen LogP contribution in [0, 0.1) is 5.92 Å². The Labute approximate surface area is 279 Å². The van der Waals surface area contributed by atoms with E-state index < -0.39 is 22.4 Å². The molecule has 1 aliphatic heterocycles. The average Bonchev–Trinajstić information content (AvgIpc) is 3.52. The van der Waals surface area contributed by atoms with Gasteiger partial charge in [-0.3, -0.25) is 9.69 Å². The zero-order valence-corrected chi connectivity index (χ0v) is 31.7. The number of Topliss-reactive ketones (excluding diaryl/α,β-unsaturated/α-hetero) is 1. The van der Waals surface area contributed by atoms with E-state index in [9.17, 15) is 9.90 Å². The Morgan fingerprint density at radius 1 is 0.891 bits per heavy atom. The van der Waals surface area contributed by atoms with Gasteiger partial charge in [-0.15, -0.1) is 5.10 Å². The number of ether oxygens (including phenoxy) is 4. The molecule has 1 aromatic rings. The molecule has 2 unspecified atom stereocenters. The second kappa shape index (κ2) is 16.3. The molecule has 0 saturated carbocycles. The summed E-state index contributed by atoms with van der Waals surface area (Å²) in [6, 6.07) is 0.610. The lowest BCUT2D eigenvalue weighted by Crippen LogP contribution is -2.56. The SMILES string of the molecule is CC(C)C(=O)CC(C)(C)OCC(C)(C)OCCn1cc(CC(C)(C)OCC(C)(C)OCC[N+](C)(C)C2CN(C(C)C)CC2O)nn1. The van der Waals surface area contributed by atoms with Crippen molar-refractivity contribution in [3.05, 3.63) is 11.9 Å². The molecule has 1 aliphatic rings. The molecule has 11 heteroatoms. The summed E-state index contributed by atoms with van der Waals surface area (Å²) < 4.78 is 27.4. The van der Waals surface area contributed by atoms with Crippen LogP contribution in [0.5, 0.6) is 0 Å². The van der Waals surface area contributed by atoms with Crippen molar-refractivity contribution in [2.75, 3.05) is 60.2 Å². The fourth-order valence-corrected chi connectivity index (χ4v) is 5.56. The molecule has 2 rings (SSSR count). The summed E-state index contributed by atoms with van der Waals surface area (Å²) in [5.41, 5.74) is -1.10. The molecular formula is C35H68N5O6+. The van der Waals surface area contributed by atoms with E-state index in [0.717, 1.165) is 29.8 Å². The normalized spacial score (nSPS) is 19.2. The topological polar surface area (TPSA) is 108 Å². The maximum absolute atomic E-state index is 12.2. The molecule has 0 aliphatic carbocycles. The van der Waals surface area contributed by atoms with Gasteiger partial charge in [0.1, 0.15) is 24.5 Å². The number of quaternary nitrogens is 1. The fraction of sp³-hybridized carbons (Fsp3) is 0.914. The standard InChI is InChI=1S/C35H68N5O6/c1-26(2)30(41)20-33(7,8)46-24-34(9,10)43-17-15-39-21-28(36-37-39)19-32(5,6)45-25-35(11,12)44-18-16-40(13,14)29-22-38(27(3)4)23-31(29)42/h21,26-27,29,31,42H,15-20,22-25H2,1-14H3/q+1. The van der Waals surface area contributed by atoms with Crippen LogP contribution < -0.4 is 0 Å². The first kappa shape index (κ1) is 40.7. The Morgan fingerprint density at radius 2 is 1.46 bits per heavy atom. The Hall–Kier alpha value is -1.47. The summed E-state index contributed by atoms with van der Waals surface area (Å²) in [5.74, 6) is 0.200. The average molecular weight is 655 g/mol. The van der Waals surface area contributed by atoms with Crippen molar-refractivity contribution in [2.24, 2.45) is 5.92 Å². The van der Waals surface area contributed by atoms with Crippen molar-refractivity contribution >= 4 is 5.78 Å². The minimum absolute atomic E-state index is 0.0000941. The molecule has 1 aromatic heterocycles. The van der Waals surface area contributed by atoms with Gasteiger partial charge < -0.3 is 28.5 Å². The van der Waals surface area contributed by atoms with E-state index >= 15 is 0 Å². The number of aliphatic hydroxyl groups excluding tert-OH is 1. The zero-order valence-electron chi connectivity index (χ0n) is 31.7. The van der Waals surface area contributed by atoms with Crippen LogP contribution in [-0.2, 0) is 36.7 Å². The molecule has 268 valence electrons. The van der Waals surface area contributed by atoms with E-state index in [1.165, 1.54) is 0 Å². The van der Waals surface area contributed by atoms with Crippen LogP contribution in [0.2, 0.25) is 0 Å². The number of β-amino-alcohol motifs (C(OH)–C–C–N with tert-alkyl or cyclic N) is 1. The molecule has 0 aromatic carbocycles.